The number of nitrogens with zero attached hydrogens (tertiary/aromatic N) is 4. The fourth-order valence-corrected chi connectivity index (χ4v) is 1.55. The Balaban J connectivity index is 2.32. The molecule has 102 valence electrons. The molecule has 0 aliphatic rings. The molecule has 1 aromatic carbocycles. The topological polar surface area (TPSA) is 125 Å². The molecule has 0 fully saturated rings. The van der Waals surface area contributed by atoms with Gasteiger partial charge in [-0.25, -0.2) is 4.79 Å². The van der Waals surface area contributed by atoms with E-state index in [4.69, 9.17) is 10.2 Å². The van der Waals surface area contributed by atoms with Gasteiger partial charge in [0.2, 0.25) is 5.82 Å². The van der Waals surface area contributed by atoms with Crippen LogP contribution in [0.15, 0.2) is 40.7 Å². The second-order valence-electron chi connectivity index (χ2n) is 3.92. The molecule has 0 bridgehead atoms. The highest BCUT2D eigenvalue weighted by Crippen LogP contribution is 2.22. The van der Waals surface area contributed by atoms with E-state index in [9.17, 15) is 9.59 Å². The van der Waals surface area contributed by atoms with Gasteiger partial charge < -0.3 is 10.2 Å². The maximum Gasteiger partial charge on any atom is 0.330 e. The minimum absolute atomic E-state index is 0.153. The number of carboxylic acids is 2. The highest BCUT2D eigenvalue weighted by atomic mass is 16.4. The summed E-state index contributed by atoms with van der Waals surface area (Å²) in [5.74, 6) is -2.47. The van der Waals surface area contributed by atoms with Gasteiger partial charge in [-0.15, -0.1) is 10.2 Å². The van der Waals surface area contributed by atoms with E-state index in [1.807, 2.05) is 6.07 Å². The van der Waals surface area contributed by atoms with Crippen LogP contribution in [0, 0.1) is 0 Å². The summed E-state index contributed by atoms with van der Waals surface area (Å²) in [5, 5.41) is 33.6. The molecule has 0 aliphatic heterocycles. The van der Waals surface area contributed by atoms with Crippen LogP contribution in [-0.2, 0) is 9.59 Å². The molecular formula is C12H10N4O4. The first-order chi connectivity index (χ1) is 9.58. The molecule has 0 amide bonds. The molecule has 0 aliphatic carbocycles. The molecule has 2 aromatic rings. The Morgan fingerprint density at radius 2 is 2.00 bits per heavy atom. The summed E-state index contributed by atoms with van der Waals surface area (Å²) in [6, 6.07) is 5.68. The van der Waals surface area contributed by atoms with Crippen molar-refractivity contribution in [2.75, 3.05) is 0 Å². The van der Waals surface area contributed by atoms with Crippen molar-refractivity contribution in [1.29, 1.82) is 0 Å². The van der Waals surface area contributed by atoms with Crippen LogP contribution < -0.4 is 0 Å². The third-order valence-electron chi connectivity index (χ3n) is 2.50. The van der Waals surface area contributed by atoms with Crippen LogP contribution in [0.2, 0.25) is 0 Å². The molecule has 0 saturated carbocycles. The first kappa shape index (κ1) is 13.5. The van der Waals surface area contributed by atoms with E-state index in [-0.39, 0.29) is 5.82 Å². The first-order valence-electron chi connectivity index (χ1n) is 5.64. The summed E-state index contributed by atoms with van der Waals surface area (Å²) in [6.07, 6.45) is 0.900. The Bertz CT molecular complexity index is 681. The fraction of sp³-hybridized carbons (Fsp3) is 0.167. The number of azo groups is 1. The van der Waals surface area contributed by atoms with Crippen LogP contribution in [-0.4, -0.2) is 38.4 Å². The van der Waals surface area contributed by atoms with Crippen LogP contribution in [0.1, 0.15) is 6.42 Å². The van der Waals surface area contributed by atoms with E-state index in [0.29, 0.717) is 5.39 Å². The number of aliphatic carboxylic acids is 2. The Kier molecular flexibility index (Phi) is 3.94. The smallest absolute Gasteiger partial charge is 0.330 e. The van der Waals surface area contributed by atoms with Crippen molar-refractivity contribution in [3.8, 4) is 0 Å². The quantitative estimate of drug-likeness (QED) is 0.798. The number of hydrogen-bond acceptors (Lipinski definition) is 6. The second-order valence-corrected chi connectivity index (χ2v) is 3.92. The van der Waals surface area contributed by atoms with Gasteiger partial charge in [-0.3, -0.25) is 4.79 Å². The van der Waals surface area contributed by atoms with E-state index >= 15 is 0 Å². The molecule has 8 heteroatoms. The summed E-state index contributed by atoms with van der Waals surface area (Å²) in [4.78, 5) is 21.4. The highest BCUT2D eigenvalue weighted by molar-refractivity contribution is 5.89. The van der Waals surface area contributed by atoms with E-state index in [1.165, 1.54) is 0 Å². The van der Waals surface area contributed by atoms with Gasteiger partial charge in [0, 0.05) is 10.8 Å². The predicted molar refractivity (Wildman–Crippen MR) is 67.7 cm³/mol. The van der Waals surface area contributed by atoms with Gasteiger partial charge in [-0.1, -0.05) is 24.3 Å². The molecule has 8 nitrogen and oxygen atoms in total. The average molecular weight is 274 g/mol. The molecule has 0 radical (unpaired) electrons. The predicted octanol–water partition coefficient (Wildman–Crippen LogP) is 1.64. The van der Waals surface area contributed by atoms with E-state index in [0.717, 1.165) is 5.39 Å². The van der Waals surface area contributed by atoms with Crippen molar-refractivity contribution in [3.05, 3.63) is 30.5 Å². The Morgan fingerprint density at radius 3 is 2.70 bits per heavy atom. The Hall–Kier alpha value is -2.90. The second kappa shape index (κ2) is 5.83. The number of aromatic nitrogens is 2. The number of carbonyl (C=O) groups is 2. The lowest BCUT2D eigenvalue weighted by Crippen LogP contribution is -2.21. The SMILES string of the molecule is O=C(O)CC(N=Nc1nncc2ccccc12)C(=O)O. The van der Waals surface area contributed by atoms with Crippen LogP contribution in [0.5, 0.6) is 0 Å². The van der Waals surface area contributed by atoms with Crippen LogP contribution in [0.4, 0.5) is 5.82 Å². The zero-order chi connectivity index (χ0) is 14.5. The normalized spacial score (nSPS) is 12.6. The van der Waals surface area contributed by atoms with Crippen molar-refractivity contribution in [3.63, 3.8) is 0 Å². The minimum Gasteiger partial charge on any atom is -0.481 e. The third kappa shape index (κ3) is 3.10. The van der Waals surface area contributed by atoms with Crippen molar-refractivity contribution in [2.45, 2.75) is 12.5 Å². The number of carboxylic acid groups (broad SMARTS) is 2. The number of hydrogen-bond donors (Lipinski definition) is 2. The van der Waals surface area contributed by atoms with Crippen molar-refractivity contribution in [1.82, 2.24) is 10.2 Å². The van der Waals surface area contributed by atoms with Gasteiger partial charge in [0.1, 0.15) is 0 Å². The van der Waals surface area contributed by atoms with Gasteiger partial charge in [0.25, 0.3) is 0 Å². The summed E-state index contributed by atoms with van der Waals surface area (Å²) < 4.78 is 0. The molecule has 20 heavy (non-hydrogen) atoms. The monoisotopic (exact) mass is 274 g/mol. The van der Waals surface area contributed by atoms with Crippen LogP contribution in [0.25, 0.3) is 10.8 Å². The maximum absolute atomic E-state index is 10.9. The van der Waals surface area contributed by atoms with E-state index < -0.39 is 24.4 Å². The van der Waals surface area contributed by atoms with Gasteiger partial charge in [0.05, 0.1) is 12.6 Å². The number of rotatable bonds is 5. The molecule has 1 atom stereocenters. The third-order valence-corrected chi connectivity index (χ3v) is 2.50. The Morgan fingerprint density at radius 1 is 1.25 bits per heavy atom. The standard InChI is InChI=1S/C12H10N4O4/c17-10(18)5-9(12(19)20)14-16-11-8-4-2-1-3-7(8)6-13-15-11/h1-4,6,9H,5H2,(H,17,18)(H,19,20). The molecule has 1 aromatic heterocycles. The van der Waals surface area contributed by atoms with E-state index in [2.05, 4.69) is 20.4 Å². The highest BCUT2D eigenvalue weighted by Gasteiger charge is 2.20. The molecule has 0 saturated heterocycles. The number of benzene rings is 1. The summed E-state index contributed by atoms with van der Waals surface area (Å²) >= 11 is 0. The van der Waals surface area contributed by atoms with E-state index in [1.54, 1.807) is 24.4 Å². The average Bonchev–Trinajstić information content (AvgIpc) is 2.42. The van der Waals surface area contributed by atoms with Gasteiger partial charge in [-0.05, 0) is 0 Å². The zero-order valence-electron chi connectivity index (χ0n) is 10.2. The summed E-state index contributed by atoms with van der Waals surface area (Å²) in [5.41, 5.74) is 0. The molecule has 2 rings (SSSR count). The van der Waals surface area contributed by atoms with Gasteiger partial charge in [-0.2, -0.15) is 10.2 Å². The first-order valence-corrected chi connectivity index (χ1v) is 5.64. The molecule has 1 unspecified atom stereocenters. The lowest BCUT2D eigenvalue weighted by Gasteiger charge is -2.02. The van der Waals surface area contributed by atoms with Crippen molar-refractivity contribution >= 4 is 28.5 Å². The lowest BCUT2D eigenvalue weighted by atomic mass is 10.2. The summed E-state index contributed by atoms with van der Waals surface area (Å²) in [7, 11) is 0. The largest absolute Gasteiger partial charge is 0.481 e. The summed E-state index contributed by atoms with van der Waals surface area (Å²) in [6.45, 7) is 0. The van der Waals surface area contributed by atoms with Crippen LogP contribution in [0.3, 0.4) is 0 Å². The molecule has 1 heterocycles. The zero-order valence-corrected chi connectivity index (χ0v) is 10.2. The van der Waals surface area contributed by atoms with Crippen molar-refractivity contribution < 1.29 is 19.8 Å². The van der Waals surface area contributed by atoms with Gasteiger partial charge >= 0.3 is 11.9 Å². The van der Waals surface area contributed by atoms with Gasteiger partial charge in [0.15, 0.2) is 6.04 Å². The molecular weight excluding hydrogens is 264 g/mol. The fourth-order valence-electron chi connectivity index (χ4n) is 1.55. The van der Waals surface area contributed by atoms with Crippen molar-refractivity contribution in [2.24, 2.45) is 10.2 Å². The van der Waals surface area contributed by atoms with Crippen LogP contribution >= 0.6 is 0 Å². The lowest BCUT2D eigenvalue weighted by molar-refractivity contribution is -0.145. The number of fused-ring (bicyclic) bond motifs is 1. The molecule has 0 spiro atoms. The minimum atomic E-state index is -1.45. The maximum atomic E-state index is 10.9. The Labute approximate surface area is 112 Å². The molecule has 2 N–H and O–H groups in total.